The van der Waals surface area contributed by atoms with Crippen molar-refractivity contribution in [3.8, 4) is 12.1 Å². The lowest BCUT2D eigenvalue weighted by Crippen LogP contribution is -2.56. The monoisotopic (exact) mass is 515 g/mol. The summed E-state index contributed by atoms with van der Waals surface area (Å²) in [5.41, 5.74) is -0.604. The first-order valence-corrected chi connectivity index (χ1v) is 10.2. The largest absolute Gasteiger partial charge is 0.468 e. The number of nitrogens with one attached hydrogen (secondary N) is 1. The van der Waals surface area contributed by atoms with Crippen LogP contribution in [0.25, 0.3) is 0 Å². The average Bonchev–Trinajstić information content (AvgIpc) is 2.74. The van der Waals surface area contributed by atoms with Crippen molar-refractivity contribution < 1.29 is 14.3 Å². The van der Waals surface area contributed by atoms with Crippen molar-refractivity contribution in [2.24, 2.45) is 11.3 Å². The van der Waals surface area contributed by atoms with Crippen LogP contribution >= 0.6 is 31.9 Å². The van der Waals surface area contributed by atoms with Gasteiger partial charge in [0.2, 0.25) is 5.91 Å². The van der Waals surface area contributed by atoms with Crippen LogP contribution in [0.4, 0.5) is 0 Å². The molecule has 1 N–H and O–H groups in total. The number of hydrogen-bond acceptors (Lipinski definition) is 5. The predicted molar refractivity (Wildman–Crippen MR) is 111 cm³/mol. The van der Waals surface area contributed by atoms with Crippen LogP contribution < -0.4 is 5.32 Å². The predicted octanol–water partition coefficient (Wildman–Crippen LogP) is 3.99. The first-order valence-electron chi connectivity index (χ1n) is 8.59. The van der Waals surface area contributed by atoms with E-state index in [0.717, 1.165) is 8.95 Å². The summed E-state index contributed by atoms with van der Waals surface area (Å²) in [4.78, 5) is 25.5. The minimum absolute atomic E-state index is 0.531. The average molecular weight is 517 g/mol. The van der Waals surface area contributed by atoms with Crippen molar-refractivity contribution in [1.82, 2.24) is 5.32 Å². The topological polar surface area (TPSA) is 103 Å². The van der Waals surface area contributed by atoms with Crippen LogP contribution in [0.15, 0.2) is 57.5 Å². The molecule has 2 aromatic carbocycles. The number of ether oxygens (including phenoxy) is 1. The van der Waals surface area contributed by atoms with Gasteiger partial charge in [0.15, 0.2) is 5.41 Å². The van der Waals surface area contributed by atoms with Gasteiger partial charge in [-0.25, -0.2) is 0 Å². The number of piperidine rings is 1. The van der Waals surface area contributed by atoms with E-state index in [-0.39, 0.29) is 0 Å². The van der Waals surface area contributed by atoms with Crippen LogP contribution in [0.1, 0.15) is 23.1 Å². The molecular weight excluding hydrogens is 502 g/mol. The van der Waals surface area contributed by atoms with Gasteiger partial charge in [-0.2, -0.15) is 10.5 Å². The molecule has 29 heavy (non-hydrogen) atoms. The van der Waals surface area contributed by atoms with Crippen LogP contribution in [0, 0.1) is 34.0 Å². The minimum Gasteiger partial charge on any atom is -0.468 e. The van der Waals surface area contributed by atoms with Gasteiger partial charge in [-0.05, 0) is 35.4 Å². The third kappa shape index (κ3) is 3.66. The second-order valence-corrected chi connectivity index (χ2v) is 8.45. The van der Waals surface area contributed by atoms with E-state index in [1.54, 1.807) is 48.5 Å². The zero-order valence-electron chi connectivity index (χ0n) is 15.2. The molecule has 0 radical (unpaired) electrons. The standard InChI is InChI=1S/C21H15Br2N3O3/c1-29-20(28)16-17(12-2-6-14(22)7-3-12)21(10-24,11-25)18(26-19(16)27)13-4-8-15(23)9-5-13/h2-9,16-18H,1H3,(H,26,27). The normalized spacial score (nSPS) is 22.7. The van der Waals surface area contributed by atoms with Crippen LogP contribution in [0.2, 0.25) is 0 Å². The highest BCUT2D eigenvalue weighted by Crippen LogP contribution is 2.52. The van der Waals surface area contributed by atoms with Gasteiger partial charge >= 0.3 is 5.97 Å². The van der Waals surface area contributed by atoms with Gasteiger partial charge in [0.05, 0.1) is 25.3 Å². The Kier molecular flexibility index (Phi) is 6.07. The lowest BCUT2D eigenvalue weighted by atomic mass is 9.60. The first kappa shape index (κ1) is 21.0. The number of carbonyl (C=O) groups excluding carboxylic acids is 2. The quantitative estimate of drug-likeness (QED) is 0.490. The molecule has 3 atom stereocenters. The Morgan fingerprint density at radius 1 is 1.00 bits per heavy atom. The molecule has 0 saturated carbocycles. The third-order valence-electron chi connectivity index (χ3n) is 5.11. The van der Waals surface area contributed by atoms with E-state index in [9.17, 15) is 20.1 Å². The zero-order valence-corrected chi connectivity index (χ0v) is 18.4. The van der Waals surface area contributed by atoms with Gasteiger partial charge in [-0.3, -0.25) is 9.59 Å². The van der Waals surface area contributed by atoms with E-state index in [4.69, 9.17) is 4.74 Å². The lowest BCUT2D eigenvalue weighted by molar-refractivity contribution is -0.154. The molecule has 1 aliphatic heterocycles. The van der Waals surface area contributed by atoms with Crippen molar-refractivity contribution in [3.05, 3.63) is 68.6 Å². The molecule has 6 nitrogen and oxygen atoms in total. The highest BCUT2D eigenvalue weighted by Gasteiger charge is 2.59. The number of esters is 1. The Balaban J connectivity index is 2.26. The van der Waals surface area contributed by atoms with Crippen LogP contribution in [-0.2, 0) is 14.3 Å². The number of benzene rings is 2. The highest BCUT2D eigenvalue weighted by atomic mass is 79.9. The summed E-state index contributed by atoms with van der Waals surface area (Å²) in [6, 6.07) is 17.2. The Morgan fingerprint density at radius 2 is 1.48 bits per heavy atom. The molecule has 0 bridgehead atoms. The maximum Gasteiger partial charge on any atom is 0.318 e. The summed E-state index contributed by atoms with van der Waals surface area (Å²) in [6.45, 7) is 0. The fourth-order valence-corrected chi connectivity index (χ4v) is 4.26. The van der Waals surface area contributed by atoms with E-state index >= 15 is 0 Å². The van der Waals surface area contributed by atoms with Gasteiger partial charge in [0.25, 0.3) is 0 Å². The summed E-state index contributed by atoms with van der Waals surface area (Å²) >= 11 is 6.71. The number of carbonyl (C=O) groups is 2. The summed E-state index contributed by atoms with van der Waals surface area (Å²) in [5, 5.41) is 23.1. The molecule has 8 heteroatoms. The molecule has 1 heterocycles. The highest BCUT2D eigenvalue weighted by molar-refractivity contribution is 9.10. The van der Waals surface area contributed by atoms with Gasteiger partial charge < -0.3 is 10.1 Å². The van der Waals surface area contributed by atoms with Crippen molar-refractivity contribution in [2.75, 3.05) is 7.11 Å². The molecule has 2 aromatic rings. The fraction of sp³-hybridized carbons (Fsp3) is 0.238. The molecule has 1 fully saturated rings. The number of nitrogens with zero attached hydrogens (tertiary/aromatic N) is 2. The fourth-order valence-electron chi connectivity index (χ4n) is 3.73. The molecule has 3 unspecified atom stereocenters. The van der Waals surface area contributed by atoms with E-state index in [0.29, 0.717) is 11.1 Å². The second kappa shape index (κ2) is 8.36. The maximum atomic E-state index is 13.0. The molecule has 3 rings (SSSR count). The maximum absolute atomic E-state index is 13.0. The molecule has 0 aromatic heterocycles. The van der Waals surface area contributed by atoms with Crippen molar-refractivity contribution in [1.29, 1.82) is 10.5 Å². The van der Waals surface area contributed by atoms with Crippen molar-refractivity contribution >= 4 is 43.7 Å². The molecule has 0 aliphatic carbocycles. The van der Waals surface area contributed by atoms with Gasteiger partial charge in [0.1, 0.15) is 5.92 Å². The van der Waals surface area contributed by atoms with E-state index in [1.807, 2.05) is 0 Å². The van der Waals surface area contributed by atoms with Crippen LogP contribution in [0.5, 0.6) is 0 Å². The summed E-state index contributed by atoms with van der Waals surface area (Å²) in [5.74, 6) is -3.72. The van der Waals surface area contributed by atoms with E-state index in [2.05, 4.69) is 49.3 Å². The Bertz CT molecular complexity index is 1010. The number of halogens is 2. The summed E-state index contributed by atoms with van der Waals surface area (Å²) in [7, 11) is 1.18. The second-order valence-electron chi connectivity index (χ2n) is 6.62. The Labute approximate surface area is 184 Å². The Hall–Kier alpha value is -2.68. The van der Waals surface area contributed by atoms with Gasteiger partial charge in [0, 0.05) is 14.9 Å². The summed E-state index contributed by atoms with van der Waals surface area (Å²) < 4.78 is 6.45. The Morgan fingerprint density at radius 3 is 1.93 bits per heavy atom. The zero-order chi connectivity index (χ0) is 21.2. The lowest BCUT2D eigenvalue weighted by Gasteiger charge is -2.44. The first-order chi connectivity index (χ1) is 13.9. The van der Waals surface area contributed by atoms with Gasteiger partial charge in [-0.1, -0.05) is 56.1 Å². The summed E-state index contributed by atoms with van der Waals surface area (Å²) in [6.07, 6.45) is 0. The smallest absolute Gasteiger partial charge is 0.318 e. The van der Waals surface area contributed by atoms with E-state index < -0.39 is 35.2 Å². The number of rotatable bonds is 3. The van der Waals surface area contributed by atoms with Crippen LogP contribution in [-0.4, -0.2) is 19.0 Å². The number of methoxy groups -OCH3 is 1. The van der Waals surface area contributed by atoms with Crippen LogP contribution in [0.3, 0.4) is 0 Å². The van der Waals surface area contributed by atoms with Gasteiger partial charge in [-0.15, -0.1) is 0 Å². The van der Waals surface area contributed by atoms with Crippen molar-refractivity contribution in [3.63, 3.8) is 0 Å². The third-order valence-corrected chi connectivity index (χ3v) is 6.16. The number of amides is 1. The number of nitriles is 2. The molecule has 0 spiro atoms. The van der Waals surface area contributed by atoms with Crippen molar-refractivity contribution in [2.45, 2.75) is 12.0 Å². The molecule has 1 amide bonds. The molecule has 1 aliphatic rings. The molecule has 146 valence electrons. The molecule has 1 saturated heterocycles. The number of hydrogen-bond donors (Lipinski definition) is 1. The minimum atomic E-state index is -1.73. The molecular formula is C21H15Br2N3O3. The SMILES string of the molecule is COC(=O)C1C(=O)NC(c2ccc(Br)cc2)C(C#N)(C#N)C1c1ccc(Br)cc1. The van der Waals surface area contributed by atoms with E-state index in [1.165, 1.54) is 7.11 Å².